The van der Waals surface area contributed by atoms with Crippen molar-refractivity contribution in [2.75, 3.05) is 18.0 Å². The van der Waals surface area contributed by atoms with Crippen LogP contribution in [0.5, 0.6) is 5.75 Å². The average molecular weight is 668 g/mol. The van der Waals surface area contributed by atoms with E-state index in [2.05, 4.69) is 5.32 Å². The Kier molecular flexibility index (Phi) is 11.5. The molecule has 0 bridgehead atoms. The number of nitrogens with zero attached hydrogens (tertiary/aromatic N) is 2. The van der Waals surface area contributed by atoms with Crippen molar-refractivity contribution in [3.63, 3.8) is 0 Å². The molecule has 252 valence electrons. The number of hydrogen-bond donors (Lipinski definition) is 1. The first kappa shape index (κ1) is 34.7. The molecule has 4 aromatic carbocycles. The summed E-state index contributed by atoms with van der Waals surface area (Å²) in [6.07, 6.45) is 5.33. The summed E-state index contributed by atoms with van der Waals surface area (Å²) in [7, 11) is -2.68. The molecule has 1 aliphatic carbocycles. The summed E-state index contributed by atoms with van der Waals surface area (Å²) in [6, 6.07) is 29.8. The Labute approximate surface area is 284 Å². The van der Waals surface area contributed by atoms with Gasteiger partial charge < -0.3 is 15.0 Å². The highest BCUT2D eigenvalue weighted by Crippen LogP contribution is 2.27. The molecule has 1 fully saturated rings. The van der Waals surface area contributed by atoms with Crippen molar-refractivity contribution in [2.24, 2.45) is 0 Å². The van der Waals surface area contributed by atoms with Crippen molar-refractivity contribution in [1.29, 1.82) is 0 Å². The van der Waals surface area contributed by atoms with Crippen LogP contribution in [0.2, 0.25) is 0 Å². The van der Waals surface area contributed by atoms with E-state index in [4.69, 9.17) is 4.74 Å². The van der Waals surface area contributed by atoms with Crippen LogP contribution >= 0.6 is 0 Å². The maximum atomic E-state index is 14.7. The normalized spacial score (nSPS) is 14.1. The lowest BCUT2D eigenvalue weighted by Gasteiger charge is -2.35. The van der Waals surface area contributed by atoms with Crippen molar-refractivity contribution in [3.8, 4) is 5.75 Å². The summed E-state index contributed by atoms with van der Waals surface area (Å²) < 4.78 is 34.9. The first-order valence-electron chi connectivity index (χ1n) is 16.6. The molecule has 1 N–H and O–H groups in total. The number of aryl methyl sites for hydroxylation is 2. The van der Waals surface area contributed by atoms with E-state index in [0.717, 1.165) is 58.7 Å². The number of methoxy groups -OCH3 is 1. The number of hydrogen-bond acceptors (Lipinski definition) is 5. The van der Waals surface area contributed by atoms with Crippen LogP contribution in [0.15, 0.2) is 108 Å². The Morgan fingerprint density at radius 1 is 0.792 bits per heavy atom. The summed E-state index contributed by atoms with van der Waals surface area (Å²) in [5.41, 5.74) is 4.13. The molecular weight excluding hydrogens is 623 g/mol. The van der Waals surface area contributed by atoms with Gasteiger partial charge in [0.2, 0.25) is 11.8 Å². The monoisotopic (exact) mass is 667 g/mol. The number of nitrogens with one attached hydrogen (secondary N) is 1. The standard InChI is InChI=1S/C39H45N3O5S/c1-29-14-18-32(19-15-29)27-41(37(26-31-10-6-4-7-11-31)39(44)40-33-12-8-5-9-13-33)38(43)28-42(34-20-16-30(2)17-21-34)48(45,46)36-24-22-35(47-3)23-25-36/h4,6-7,10-11,14-25,33,37H,5,8-9,12-13,26-28H2,1-3H3,(H,40,44)/t37-/m1/s1. The van der Waals surface area contributed by atoms with Gasteiger partial charge >= 0.3 is 0 Å². The van der Waals surface area contributed by atoms with E-state index in [9.17, 15) is 18.0 Å². The third kappa shape index (κ3) is 8.83. The molecule has 1 saturated carbocycles. The maximum absolute atomic E-state index is 14.7. The Hall–Kier alpha value is -4.63. The Morgan fingerprint density at radius 2 is 1.40 bits per heavy atom. The van der Waals surface area contributed by atoms with E-state index < -0.39 is 28.5 Å². The molecule has 5 rings (SSSR count). The van der Waals surface area contributed by atoms with Crippen molar-refractivity contribution >= 4 is 27.5 Å². The Morgan fingerprint density at radius 3 is 2.00 bits per heavy atom. The van der Waals surface area contributed by atoms with Crippen LogP contribution in [-0.2, 0) is 32.6 Å². The second-order valence-electron chi connectivity index (χ2n) is 12.6. The number of amides is 2. The average Bonchev–Trinajstić information content (AvgIpc) is 3.10. The molecule has 0 radical (unpaired) electrons. The van der Waals surface area contributed by atoms with Gasteiger partial charge in [0, 0.05) is 19.0 Å². The molecular formula is C39H45N3O5S. The zero-order chi connectivity index (χ0) is 34.1. The molecule has 1 atom stereocenters. The van der Waals surface area contributed by atoms with Crippen LogP contribution in [0.1, 0.15) is 54.4 Å². The van der Waals surface area contributed by atoms with Crippen LogP contribution in [-0.4, -0.2) is 50.9 Å². The lowest BCUT2D eigenvalue weighted by Crippen LogP contribution is -2.55. The van der Waals surface area contributed by atoms with E-state index in [-0.39, 0.29) is 29.8 Å². The van der Waals surface area contributed by atoms with Gasteiger partial charge in [-0.25, -0.2) is 8.42 Å². The van der Waals surface area contributed by atoms with Crippen LogP contribution < -0.4 is 14.4 Å². The fourth-order valence-electron chi connectivity index (χ4n) is 6.10. The number of rotatable bonds is 13. The minimum Gasteiger partial charge on any atom is -0.497 e. The molecule has 0 heterocycles. The van der Waals surface area contributed by atoms with E-state index in [1.165, 1.54) is 19.2 Å². The van der Waals surface area contributed by atoms with Crippen molar-refractivity contribution in [1.82, 2.24) is 10.2 Å². The smallest absolute Gasteiger partial charge is 0.264 e. The number of anilines is 1. The molecule has 0 aliphatic heterocycles. The number of carbonyl (C=O) groups excluding carboxylic acids is 2. The first-order chi connectivity index (χ1) is 23.1. The van der Waals surface area contributed by atoms with Crippen LogP contribution in [0.3, 0.4) is 0 Å². The molecule has 0 unspecified atom stereocenters. The van der Waals surface area contributed by atoms with Gasteiger partial charge in [0.1, 0.15) is 18.3 Å². The van der Waals surface area contributed by atoms with Crippen molar-refractivity contribution in [3.05, 3.63) is 125 Å². The van der Waals surface area contributed by atoms with Gasteiger partial charge in [-0.05, 0) is 74.2 Å². The number of sulfonamides is 1. The third-order valence-corrected chi connectivity index (χ3v) is 10.7. The van der Waals surface area contributed by atoms with E-state index in [0.29, 0.717) is 11.4 Å². The number of ether oxygens (including phenoxy) is 1. The fraction of sp³-hybridized carbons (Fsp3) is 0.333. The quantitative estimate of drug-likeness (QED) is 0.174. The second-order valence-corrected chi connectivity index (χ2v) is 14.4. The van der Waals surface area contributed by atoms with Gasteiger partial charge in [0.05, 0.1) is 17.7 Å². The highest BCUT2D eigenvalue weighted by Gasteiger charge is 2.35. The molecule has 48 heavy (non-hydrogen) atoms. The minimum absolute atomic E-state index is 0.0256. The topological polar surface area (TPSA) is 96.0 Å². The summed E-state index contributed by atoms with van der Waals surface area (Å²) in [6.45, 7) is 3.55. The molecule has 2 amide bonds. The SMILES string of the molecule is COc1ccc(S(=O)(=O)N(CC(=O)N(Cc2ccc(C)cc2)[C@H](Cc2ccccc2)C(=O)NC2CCCCC2)c2ccc(C)cc2)cc1. The maximum Gasteiger partial charge on any atom is 0.264 e. The highest BCUT2D eigenvalue weighted by atomic mass is 32.2. The zero-order valence-corrected chi connectivity index (χ0v) is 28.8. The van der Waals surface area contributed by atoms with Gasteiger partial charge in [-0.1, -0.05) is 97.1 Å². The molecule has 1 aliphatic rings. The largest absolute Gasteiger partial charge is 0.497 e. The minimum atomic E-state index is -4.20. The van der Waals surface area contributed by atoms with E-state index in [1.54, 1.807) is 29.2 Å². The summed E-state index contributed by atoms with van der Waals surface area (Å²) in [4.78, 5) is 30.5. The summed E-state index contributed by atoms with van der Waals surface area (Å²) in [5, 5.41) is 3.25. The van der Waals surface area contributed by atoms with Crippen molar-refractivity contribution in [2.45, 2.75) is 75.9 Å². The molecule has 4 aromatic rings. The van der Waals surface area contributed by atoms with E-state index in [1.807, 2.05) is 80.6 Å². The van der Waals surface area contributed by atoms with Gasteiger partial charge in [-0.2, -0.15) is 0 Å². The third-order valence-electron chi connectivity index (χ3n) is 8.94. The molecule has 9 heteroatoms. The lowest BCUT2D eigenvalue weighted by molar-refractivity contribution is -0.140. The Bertz CT molecular complexity index is 1750. The fourth-order valence-corrected chi connectivity index (χ4v) is 7.52. The molecule has 0 aromatic heterocycles. The van der Waals surface area contributed by atoms with Gasteiger partial charge in [-0.3, -0.25) is 13.9 Å². The highest BCUT2D eigenvalue weighted by molar-refractivity contribution is 7.92. The molecule has 0 spiro atoms. The first-order valence-corrected chi connectivity index (χ1v) is 18.0. The lowest BCUT2D eigenvalue weighted by atomic mass is 9.94. The zero-order valence-electron chi connectivity index (χ0n) is 28.0. The summed E-state index contributed by atoms with van der Waals surface area (Å²) >= 11 is 0. The van der Waals surface area contributed by atoms with Gasteiger partial charge in [-0.15, -0.1) is 0 Å². The van der Waals surface area contributed by atoms with Crippen LogP contribution in [0.4, 0.5) is 5.69 Å². The second kappa shape index (κ2) is 16.0. The van der Waals surface area contributed by atoms with Crippen LogP contribution in [0.25, 0.3) is 0 Å². The Balaban J connectivity index is 1.55. The predicted molar refractivity (Wildman–Crippen MR) is 189 cm³/mol. The number of benzene rings is 4. The van der Waals surface area contributed by atoms with Gasteiger partial charge in [0.15, 0.2) is 0 Å². The van der Waals surface area contributed by atoms with Gasteiger partial charge in [0.25, 0.3) is 10.0 Å². The van der Waals surface area contributed by atoms with Crippen molar-refractivity contribution < 1.29 is 22.7 Å². The summed E-state index contributed by atoms with van der Waals surface area (Å²) in [5.74, 6) is -0.192. The molecule has 8 nitrogen and oxygen atoms in total. The number of carbonyl (C=O) groups is 2. The molecule has 0 saturated heterocycles. The van der Waals surface area contributed by atoms with Crippen LogP contribution in [0, 0.1) is 13.8 Å². The predicted octanol–water partition coefficient (Wildman–Crippen LogP) is 6.60. The van der Waals surface area contributed by atoms with E-state index >= 15 is 0 Å².